The lowest BCUT2D eigenvalue weighted by atomic mass is 10.1. The largest absolute Gasteiger partial charge is 0.393 e. The van der Waals surface area contributed by atoms with E-state index in [-0.39, 0.29) is 6.10 Å². The molecule has 6 nitrogen and oxygen atoms in total. The quantitative estimate of drug-likeness (QED) is 0.897. The first kappa shape index (κ1) is 16.1. The van der Waals surface area contributed by atoms with Gasteiger partial charge in [-0.25, -0.2) is 4.98 Å². The lowest BCUT2D eigenvalue weighted by Gasteiger charge is -2.31. The number of nitrogens with one attached hydrogen (secondary N) is 1. The van der Waals surface area contributed by atoms with Gasteiger partial charge >= 0.3 is 0 Å². The Morgan fingerprint density at radius 1 is 1.39 bits per heavy atom. The Balaban J connectivity index is 1.76. The van der Waals surface area contributed by atoms with Crippen molar-refractivity contribution in [2.45, 2.75) is 32.4 Å². The molecule has 7 heteroatoms. The number of aliphatic hydroxyl groups excluding tert-OH is 1. The van der Waals surface area contributed by atoms with Crippen molar-refractivity contribution in [3.05, 3.63) is 34.7 Å². The molecule has 0 unspecified atom stereocenters. The van der Waals surface area contributed by atoms with Crippen LogP contribution in [0.3, 0.4) is 0 Å². The Hall–Kier alpha value is -1.79. The highest BCUT2D eigenvalue weighted by atomic mass is 35.5. The van der Waals surface area contributed by atoms with Crippen molar-refractivity contribution >= 4 is 23.1 Å². The summed E-state index contributed by atoms with van der Waals surface area (Å²) in [4.78, 5) is 6.73. The van der Waals surface area contributed by atoms with Crippen molar-refractivity contribution in [3.8, 4) is 0 Å². The zero-order valence-electron chi connectivity index (χ0n) is 13.5. The van der Waals surface area contributed by atoms with Gasteiger partial charge in [-0.3, -0.25) is 4.68 Å². The molecule has 0 aromatic carbocycles. The minimum atomic E-state index is -0.191. The molecule has 0 bridgehead atoms. The van der Waals surface area contributed by atoms with Gasteiger partial charge in [0.25, 0.3) is 0 Å². The predicted octanol–water partition coefficient (Wildman–Crippen LogP) is 2.35. The summed E-state index contributed by atoms with van der Waals surface area (Å²) < 4.78 is 1.68. The number of anilines is 2. The van der Waals surface area contributed by atoms with Crippen molar-refractivity contribution in [2.24, 2.45) is 7.05 Å². The predicted molar refractivity (Wildman–Crippen MR) is 92.0 cm³/mol. The zero-order valence-corrected chi connectivity index (χ0v) is 14.2. The highest BCUT2D eigenvalue weighted by Crippen LogP contribution is 2.27. The summed E-state index contributed by atoms with van der Waals surface area (Å²) in [6, 6.07) is 3.94. The van der Waals surface area contributed by atoms with Gasteiger partial charge in [0.15, 0.2) is 5.82 Å². The topological polar surface area (TPSA) is 66.2 Å². The first-order valence-electron chi connectivity index (χ1n) is 7.86. The maximum Gasteiger partial charge on any atom is 0.151 e. The maximum absolute atomic E-state index is 9.67. The molecule has 0 atom stereocenters. The number of halogens is 1. The fourth-order valence-electron chi connectivity index (χ4n) is 2.92. The average Bonchev–Trinajstić information content (AvgIpc) is 2.79. The van der Waals surface area contributed by atoms with Gasteiger partial charge in [0.05, 0.1) is 17.5 Å². The summed E-state index contributed by atoms with van der Waals surface area (Å²) in [6.07, 6.45) is 3.17. The van der Waals surface area contributed by atoms with Crippen LogP contribution in [0.5, 0.6) is 0 Å². The molecule has 1 aliphatic heterocycles. The number of nitrogens with zero attached hydrogens (tertiary/aromatic N) is 4. The standard InChI is InChI=1S/C16H22ClN5O/c1-11-13(15(17)21(2)20-11)10-19-14-4-3-7-18-16(14)22-8-5-12(23)6-9-22/h3-4,7,12,19,23H,5-6,8-10H2,1-2H3. The third kappa shape index (κ3) is 3.43. The maximum atomic E-state index is 9.67. The van der Waals surface area contributed by atoms with Gasteiger partial charge in [0, 0.05) is 38.4 Å². The van der Waals surface area contributed by atoms with Gasteiger partial charge in [-0.05, 0) is 31.9 Å². The van der Waals surface area contributed by atoms with Gasteiger partial charge in [0.1, 0.15) is 5.15 Å². The van der Waals surface area contributed by atoms with Crippen LogP contribution < -0.4 is 10.2 Å². The monoisotopic (exact) mass is 335 g/mol. The lowest BCUT2D eigenvalue weighted by molar-refractivity contribution is 0.145. The smallest absolute Gasteiger partial charge is 0.151 e. The molecule has 3 heterocycles. The van der Waals surface area contributed by atoms with Gasteiger partial charge in [-0.15, -0.1) is 0 Å². The number of hydrogen-bond donors (Lipinski definition) is 2. The van der Waals surface area contributed by atoms with Crippen molar-refractivity contribution in [1.82, 2.24) is 14.8 Å². The molecule has 0 spiro atoms. The Morgan fingerprint density at radius 3 is 2.78 bits per heavy atom. The minimum absolute atomic E-state index is 0.191. The van der Waals surface area contributed by atoms with E-state index >= 15 is 0 Å². The molecular formula is C16H22ClN5O. The van der Waals surface area contributed by atoms with Crippen molar-refractivity contribution in [3.63, 3.8) is 0 Å². The number of aromatic nitrogens is 3. The summed E-state index contributed by atoms with van der Waals surface area (Å²) in [5, 5.41) is 18.1. The van der Waals surface area contributed by atoms with Gasteiger partial charge in [-0.2, -0.15) is 5.10 Å². The molecule has 0 aliphatic carbocycles. The van der Waals surface area contributed by atoms with E-state index in [2.05, 4.69) is 20.3 Å². The fourth-order valence-corrected chi connectivity index (χ4v) is 3.16. The van der Waals surface area contributed by atoms with E-state index in [1.165, 1.54) is 0 Å². The second kappa shape index (κ2) is 6.76. The van der Waals surface area contributed by atoms with E-state index in [0.717, 1.165) is 48.7 Å². The molecule has 2 aromatic heterocycles. The number of aliphatic hydroxyl groups is 1. The number of aryl methyl sites for hydroxylation is 2. The van der Waals surface area contributed by atoms with Crippen LogP contribution in [-0.4, -0.2) is 39.1 Å². The summed E-state index contributed by atoms with van der Waals surface area (Å²) in [6.45, 7) is 4.20. The molecule has 2 N–H and O–H groups in total. The highest BCUT2D eigenvalue weighted by Gasteiger charge is 2.20. The molecule has 23 heavy (non-hydrogen) atoms. The Morgan fingerprint density at radius 2 is 2.13 bits per heavy atom. The normalized spacial score (nSPS) is 15.9. The first-order valence-corrected chi connectivity index (χ1v) is 8.24. The molecule has 1 aliphatic rings. The Bertz CT molecular complexity index is 679. The number of hydrogen-bond acceptors (Lipinski definition) is 5. The van der Waals surface area contributed by atoms with E-state index in [1.807, 2.05) is 26.1 Å². The summed E-state index contributed by atoms with van der Waals surface area (Å²) >= 11 is 6.29. The zero-order chi connectivity index (χ0) is 16.4. The van der Waals surface area contributed by atoms with E-state index in [1.54, 1.807) is 10.9 Å². The number of piperidine rings is 1. The van der Waals surface area contributed by atoms with Crippen LogP contribution in [0.1, 0.15) is 24.1 Å². The van der Waals surface area contributed by atoms with Gasteiger partial charge < -0.3 is 15.3 Å². The molecule has 1 fully saturated rings. The molecular weight excluding hydrogens is 314 g/mol. The summed E-state index contributed by atoms with van der Waals surface area (Å²) in [5.74, 6) is 0.928. The van der Waals surface area contributed by atoms with E-state index in [9.17, 15) is 5.11 Å². The van der Waals surface area contributed by atoms with E-state index in [4.69, 9.17) is 11.6 Å². The molecule has 2 aromatic rings. The number of rotatable bonds is 4. The molecule has 3 rings (SSSR count). The van der Waals surface area contributed by atoms with Crippen LogP contribution in [0.25, 0.3) is 0 Å². The van der Waals surface area contributed by atoms with E-state index in [0.29, 0.717) is 11.7 Å². The van der Waals surface area contributed by atoms with Crippen LogP contribution in [0, 0.1) is 6.92 Å². The third-order valence-electron chi connectivity index (χ3n) is 4.28. The van der Waals surface area contributed by atoms with Crippen LogP contribution >= 0.6 is 11.6 Å². The van der Waals surface area contributed by atoms with Crippen LogP contribution in [0.4, 0.5) is 11.5 Å². The minimum Gasteiger partial charge on any atom is -0.393 e. The van der Waals surface area contributed by atoms with Crippen molar-refractivity contribution < 1.29 is 5.11 Å². The molecule has 0 radical (unpaired) electrons. The Labute approximate surface area is 141 Å². The van der Waals surface area contributed by atoms with Crippen LogP contribution in [-0.2, 0) is 13.6 Å². The fraction of sp³-hybridized carbons (Fsp3) is 0.500. The average molecular weight is 336 g/mol. The molecule has 0 amide bonds. The summed E-state index contributed by atoms with van der Waals surface area (Å²) in [5.41, 5.74) is 2.90. The van der Waals surface area contributed by atoms with E-state index < -0.39 is 0 Å². The highest BCUT2D eigenvalue weighted by molar-refractivity contribution is 6.30. The van der Waals surface area contributed by atoms with Crippen molar-refractivity contribution in [1.29, 1.82) is 0 Å². The Kier molecular flexibility index (Phi) is 4.73. The molecule has 124 valence electrons. The second-order valence-corrected chi connectivity index (χ2v) is 6.28. The van der Waals surface area contributed by atoms with Crippen LogP contribution in [0.2, 0.25) is 5.15 Å². The lowest BCUT2D eigenvalue weighted by Crippen LogP contribution is -2.36. The summed E-state index contributed by atoms with van der Waals surface area (Å²) in [7, 11) is 1.84. The first-order chi connectivity index (χ1) is 11.1. The third-order valence-corrected chi connectivity index (χ3v) is 4.75. The molecule has 1 saturated heterocycles. The molecule has 0 saturated carbocycles. The second-order valence-electron chi connectivity index (χ2n) is 5.92. The van der Waals surface area contributed by atoms with Crippen LogP contribution in [0.15, 0.2) is 18.3 Å². The van der Waals surface area contributed by atoms with Gasteiger partial charge in [-0.1, -0.05) is 11.6 Å². The van der Waals surface area contributed by atoms with Crippen molar-refractivity contribution in [2.75, 3.05) is 23.3 Å². The number of pyridine rings is 1. The SMILES string of the molecule is Cc1nn(C)c(Cl)c1CNc1cccnc1N1CCC(O)CC1. The van der Waals surface area contributed by atoms with Gasteiger partial charge in [0.2, 0.25) is 0 Å².